The van der Waals surface area contributed by atoms with Crippen LogP contribution in [0.5, 0.6) is 0 Å². The molecule has 0 radical (unpaired) electrons. The molecule has 2 heterocycles. The van der Waals surface area contributed by atoms with Gasteiger partial charge in [0, 0.05) is 22.2 Å². The second-order valence-electron chi connectivity index (χ2n) is 3.08. The van der Waals surface area contributed by atoms with E-state index in [1.807, 2.05) is 0 Å². The Hall–Kier alpha value is -1.51. The number of aromatic nitrogens is 4. The molecule has 82 valence electrons. The van der Waals surface area contributed by atoms with E-state index in [4.69, 9.17) is 5.11 Å². The number of hydrogen-bond donors (Lipinski definition) is 1. The predicted molar refractivity (Wildman–Crippen MR) is 63.6 cm³/mol. The summed E-state index contributed by atoms with van der Waals surface area (Å²) in [6.45, 7) is 1.63. The summed E-state index contributed by atoms with van der Waals surface area (Å²) in [6.07, 6.45) is 4.68. The van der Waals surface area contributed by atoms with Gasteiger partial charge in [-0.1, -0.05) is 0 Å². The van der Waals surface area contributed by atoms with E-state index in [0.29, 0.717) is 11.6 Å². The average molecular weight is 330 g/mol. The number of hydrogen-bond acceptors (Lipinski definition) is 4. The maximum Gasteiger partial charge on any atom is 0.339 e. The fraction of sp³-hybridized carbons (Fsp3) is 0.111. The highest BCUT2D eigenvalue weighted by atomic mass is 127. The van der Waals surface area contributed by atoms with Crippen LogP contribution in [0.2, 0.25) is 0 Å². The summed E-state index contributed by atoms with van der Waals surface area (Å²) in [5.74, 6) is -0.648. The van der Waals surface area contributed by atoms with Crippen LogP contribution in [0.4, 0.5) is 0 Å². The van der Waals surface area contributed by atoms with Crippen molar-refractivity contribution in [1.82, 2.24) is 19.7 Å². The van der Waals surface area contributed by atoms with Gasteiger partial charge in [-0.2, -0.15) is 5.10 Å². The molecule has 0 saturated heterocycles. The van der Waals surface area contributed by atoms with Crippen LogP contribution in [0, 0.1) is 10.5 Å². The molecule has 0 aliphatic heterocycles. The van der Waals surface area contributed by atoms with E-state index >= 15 is 0 Å². The molecule has 0 saturated carbocycles. The molecule has 0 bridgehead atoms. The molecule has 0 atom stereocenters. The van der Waals surface area contributed by atoms with Crippen molar-refractivity contribution in [3.05, 3.63) is 33.4 Å². The van der Waals surface area contributed by atoms with Crippen LogP contribution in [0.1, 0.15) is 16.1 Å². The van der Waals surface area contributed by atoms with Crippen molar-refractivity contribution < 1.29 is 9.90 Å². The summed E-state index contributed by atoms with van der Waals surface area (Å²) < 4.78 is 2.26. The Morgan fingerprint density at radius 2 is 2.06 bits per heavy atom. The lowest BCUT2D eigenvalue weighted by atomic mass is 10.3. The van der Waals surface area contributed by atoms with Gasteiger partial charge in [-0.3, -0.25) is 0 Å². The summed E-state index contributed by atoms with van der Waals surface area (Å²) in [5, 5.41) is 12.9. The Bertz CT molecular complexity index is 535. The fourth-order valence-corrected chi connectivity index (χ4v) is 1.47. The van der Waals surface area contributed by atoms with E-state index in [-0.39, 0.29) is 5.56 Å². The Balaban J connectivity index is 2.45. The summed E-state index contributed by atoms with van der Waals surface area (Å²) in [5.41, 5.74) is 0.594. The normalized spacial score (nSPS) is 10.4. The number of aryl methyl sites for hydroxylation is 1. The maximum absolute atomic E-state index is 10.8. The summed E-state index contributed by atoms with van der Waals surface area (Å²) in [6, 6.07) is 0. The number of carboxylic acids is 1. The Labute approximate surface area is 104 Å². The zero-order valence-electron chi connectivity index (χ0n) is 8.25. The zero-order valence-corrected chi connectivity index (χ0v) is 10.4. The third kappa shape index (κ3) is 2.03. The largest absolute Gasteiger partial charge is 0.478 e. The molecule has 0 amide bonds. The molecule has 0 aliphatic rings. The predicted octanol–water partition coefficient (Wildman–Crippen LogP) is 1.27. The van der Waals surface area contributed by atoms with Crippen LogP contribution in [0.3, 0.4) is 0 Å². The van der Waals surface area contributed by atoms with E-state index in [1.54, 1.807) is 19.3 Å². The Morgan fingerprint density at radius 1 is 1.44 bits per heavy atom. The number of carboxylic acid groups (broad SMARTS) is 1. The highest BCUT2D eigenvalue weighted by Crippen LogP contribution is 2.09. The molecule has 0 aromatic carbocycles. The summed E-state index contributed by atoms with van der Waals surface area (Å²) in [4.78, 5) is 18.9. The number of nitrogens with zero attached hydrogens (tertiary/aromatic N) is 4. The van der Waals surface area contributed by atoms with Crippen molar-refractivity contribution in [1.29, 1.82) is 0 Å². The van der Waals surface area contributed by atoms with Crippen molar-refractivity contribution in [3.63, 3.8) is 0 Å². The molecular weight excluding hydrogens is 323 g/mol. The molecule has 2 aromatic heterocycles. The molecule has 0 aliphatic carbocycles. The first-order chi connectivity index (χ1) is 7.58. The molecule has 2 aromatic rings. The molecule has 0 unspecified atom stereocenters. The molecule has 7 heteroatoms. The average Bonchev–Trinajstić information content (AvgIpc) is 2.61. The van der Waals surface area contributed by atoms with Crippen LogP contribution in [0.25, 0.3) is 5.95 Å². The summed E-state index contributed by atoms with van der Waals surface area (Å²) in [7, 11) is 0. The van der Waals surface area contributed by atoms with Gasteiger partial charge in [0.05, 0.1) is 5.69 Å². The van der Waals surface area contributed by atoms with Gasteiger partial charge in [0.1, 0.15) is 5.56 Å². The van der Waals surface area contributed by atoms with Crippen molar-refractivity contribution >= 4 is 28.6 Å². The topological polar surface area (TPSA) is 80.9 Å². The minimum absolute atomic E-state index is 0.155. The second-order valence-corrected chi connectivity index (χ2v) is 4.32. The van der Waals surface area contributed by atoms with Crippen LogP contribution < -0.4 is 0 Å². The van der Waals surface area contributed by atoms with Crippen LogP contribution in [-0.2, 0) is 0 Å². The molecule has 0 fully saturated rings. The van der Waals surface area contributed by atoms with Gasteiger partial charge in [-0.05, 0) is 29.5 Å². The van der Waals surface area contributed by atoms with Gasteiger partial charge in [0.2, 0.25) is 0 Å². The monoisotopic (exact) mass is 330 g/mol. The van der Waals surface area contributed by atoms with Crippen LogP contribution in [-0.4, -0.2) is 30.8 Å². The Kier molecular flexibility index (Phi) is 2.86. The molecule has 1 N–H and O–H groups in total. The summed E-state index contributed by atoms with van der Waals surface area (Å²) >= 11 is 2.09. The molecular formula is C9H7IN4O2. The van der Waals surface area contributed by atoms with Gasteiger partial charge in [0.25, 0.3) is 5.95 Å². The van der Waals surface area contributed by atoms with Crippen molar-refractivity contribution in [3.8, 4) is 5.95 Å². The highest BCUT2D eigenvalue weighted by molar-refractivity contribution is 14.1. The van der Waals surface area contributed by atoms with E-state index in [2.05, 4.69) is 37.7 Å². The lowest BCUT2D eigenvalue weighted by Crippen LogP contribution is -2.01. The standard InChI is InChI=1S/C9H7IN4O2/c1-5-7(8(15)16)4-14(13-5)9-11-2-6(10)3-12-9/h2-4H,1H3,(H,15,16). The SMILES string of the molecule is Cc1nn(-c2ncc(I)cn2)cc1C(=O)O. The number of halogens is 1. The second kappa shape index (κ2) is 4.16. The third-order valence-corrected chi connectivity index (χ3v) is 2.50. The number of carbonyl (C=O) groups is 1. The lowest BCUT2D eigenvalue weighted by molar-refractivity contribution is 0.0696. The Morgan fingerprint density at radius 3 is 2.56 bits per heavy atom. The van der Waals surface area contributed by atoms with E-state index < -0.39 is 5.97 Å². The number of rotatable bonds is 2. The first kappa shape index (κ1) is 11.0. The van der Waals surface area contributed by atoms with E-state index in [1.165, 1.54) is 10.9 Å². The fourth-order valence-electron chi connectivity index (χ4n) is 1.20. The van der Waals surface area contributed by atoms with E-state index in [9.17, 15) is 4.79 Å². The van der Waals surface area contributed by atoms with Crippen molar-refractivity contribution in [2.45, 2.75) is 6.92 Å². The zero-order chi connectivity index (χ0) is 11.7. The first-order valence-electron chi connectivity index (χ1n) is 4.35. The smallest absolute Gasteiger partial charge is 0.339 e. The quantitative estimate of drug-likeness (QED) is 0.839. The van der Waals surface area contributed by atoms with Crippen LogP contribution in [0.15, 0.2) is 18.6 Å². The molecule has 0 spiro atoms. The van der Waals surface area contributed by atoms with Crippen molar-refractivity contribution in [2.24, 2.45) is 0 Å². The van der Waals surface area contributed by atoms with Gasteiger partial charge in [-0.15, -0.1) is 0 Å². The lowest BCUT2D eigenvalue weighted by Gasteiger charge is -1.97. The van der Waals surface area contributed by atoms with Gasteiger partial charge >= 0.3 is 5.97 Å². The van der Waals surface area contributed by atoms with Crippen LogP contribution >= 0.6 is 22.6 Å². The highest BCUT2D eigenvalue weighted by Gasteiger charge is 2.13. The minimum Gasteiger partial charge on any atom is -0.478 e. The minimum atomic E-state index is -1.01. The number of aromatic carboxylic acids is 1. The first-order valence-corrected chi connectivity index (χ1v) is 5.43. The molecule has 2 rings (SSSR count). The van der Waals surface area contributed by atoms with Gasteiger partial charge < -0.3 is 5.11 Å². The van der Waals surface area contributed by atoms with Gasteiger partial charge in [-0.25, -0.2) is 19.4 Å². The third-order valence-electron chi connectivity index (χ3n) is 1.94. The van der Waals surface area contributed by atoms with Gasteiger partial charge in [0.15, 0.2) is 0 Å². The molecule has 16 heavy (non-hydrogen) atoms. The van der Waals surface area contributed by atoms with Crippen molar-refractivity contribution in [2.75, 3.05) is 0 Å². The van der Waals surface area contributed by atoms with E-state index in [0.717, 1.165) is 3.57 Å². The molecule has 6 nitrogen and oxygen atoms in total. The maximum atomic E-state index is 10.8.